The smallest absolute Gasteiger partial charge is 0.205 e. The monoisotopic (exact) mass is 452 g/mol. The van der Waals surface area contributed by atoms with E-state index in [1.165, 1.54) is 4.90 Å². The van der Waals surface area contributed by atoms with Gasteiger partial charge in [-0.3, -0.25) is 0 Å². The van der Waals surface area contributed by atoms with Gasteiger partial charge >= 0.3 is 0 Å². The van der Waals surface area contributed by atoms with E-state index in [-0.39, 0.29) is 11.8 Å². The summed E-state index contributed by atoms with van der Waals surface area (Å²) in [7, 11) is 0. The maximum atomic E-state index is 9.90. The molecule has 2 aliphatic heterocycles. The van der Waals surface area contributed by atoms with Gasteiger partial charge in [0.2, 0.25) is 5.88 Å². The molecule has 31 heavy (non-hydrogen) atoms. The molecule has 0 saturated heterocycles. The Bertz CT molecular complexity index is 1160. The van der Waals surface area contributed by atoms with Crippen molar-refractivity contribution in [3.05, 3.63) is 98.1 Å². The normalized spacial score (nSPS) is 22.4. The number of nitrogens with zero attached hydrogens (tertiary/aromatic N) is 1. The summed E-state index contributed by atoms with van der Waals surface area (Å²) < 4.78 is 6.09. The third-order valence-corrected chi connectivity index (χ3v) is 6.31. The van der Waals surface area contributed by atoms with Gasteiger partial charge in [-0.15, -0.1) is 0 Å². The summed E-state index contributed by atoms with van der Waals surface area (Å²) in [5.74, 6) is 0.617. The Hall–Kier alpha value is -2.71. The zero-order valence-electron chi connectivity index (χ0n) is 17.5. The summed E-state index contributed by atoms with van der Waals surface area (Å²) >= 11 is 12.5. The molecule has 0 bridgehead atoms. The fourth-order valence-electron chi connectivity index (χ4n) is 4.26. The van der Waals surface area contributed by atoms with Crippen molar-refractivity contribution >= 4 is 29.3 Å². The van der Waals surface area contributed by atoms with Crippen LogP contribution in [0, 0.1) is 11.3 Å². The number of ether oxygens (including phenoxy) is 1. The van der Waals surface area contributed by atoms with E-state index in [1.54, 1.807) is 0 Å². The van der Waals surface area contributed by atoms with Crippen molar-refractivity contribution in [2.75, 3.05) is 13.1 Å². The molecule has 0 aromatic heterocycles. The molecule has 0 aliphatic carbocycles. The Morgan fingerprint density at radius 3 is 2.48 bits per heavy atom. The third kappa shape index (κ3) is 4.36. The quantitative estimate of drug-likeness (QED) is 0.722. The summed E-state index contributed by atoms with van der Waals surface area (Å²) in [6, 6.07) is 18.0. The lowest BCUT2D eigenvalue weighted by Gasteiger charge is -2.37. The van der Waals surface area contributed by atoms with E-state index >= 15 is 0 Å². The van der Waals surface area contributed by atoms with Gasteiger partial charge in [0.15, 0.2) is 0 Å². The first-order valence-corrected chi connectivity index (χ1v) is 11.0. The highest BCUT2D eigenvalue weighted by Crippen LogP contribution is 2.42. The number of rotatable bonds is 3. The number of benzene rings is 2. The van der Waals surface area contributed by atoms with Crippen molar-refractivity contribution in [3.63, 3.8) is 0 Å². The number of allylic oxidation sites excluding steroid dienone is 1. The lowest BCUT2D eigenvalue weighted by atomic mass is 9.80. The van der Waals surface area contributed by atoms with Gasteiger partial charge in [-0.1, -0.05) is 47.5 Å². The van der Waals surface area contributed by atoms with Crippen molar-refractivity contribution < 1.29 is 9.64 Å². The molecule has 158 valence electrons. The molecule has 0 amide bonds. The van der Waals surface area contributed by atoms with E-state index < -0.39 is 0 Å². The van der Waals surface area contributed by atoms with Gasteiger partial charge in [0.05, 0.1) is 12.0 Å². The third-order valence-electron chi connectivity index (χ3n) is 5.84. The van der Waals surface area contributed by atoms with Crippen LogP contribution < -0.4 is 10.6 Å². The van der Waals surface area contributed by atoms with Crippen LogP contribution in [0.4, 0.5) is 0 Å². The Kier molecular flexibility index (Phi) is 6.11. The topological polar surface area (TPSA) is 63.5 Å². The second-order valence-corrected chi connectivity index (χ2v) is 9.10. The average Bonchev–Trinajstić information content (AvgIpc) is 2.73. The van der Waals surface area contributed by atoms with Crippen LogP contribution in [0.25, 0.3) is 6.08 Å². The van der Waals surface area contributed by atoms with Crippen molar-refractivity contribution in [1.82, 2.24) is 0 Å². The highest BCUT2D eigenvalue weighted by Gasteiger charge is 2.40. The minimum Gasteiger partial charge on any atom is -0.440 e. The van der Waals surface area contributed by atoms with Crippen molar-refractivity contribution in [1.29, 1.82) is 5.26 Å². The molecule has 1 unspecified atom stereocenters. The van der Waals surface area contributed by atoms with E-state index in [9.17, 15) is 5.26 Å². The largest absolute Gasteiger partial charge is 0.440 e. The lowest BCUT2D eigenvalue weighted by molar-refractivity contribution is -0.913. The molecule has 2 aromatic rings. The van der Waals surface area contributed by atoms with E-state index in [2.05, 4.69) is 26.0 Å². The van der Waals surface area contributed by atoms with Gasteiger partial charge in [0.25, 0.3) is 0 Å². The highest BCUT2D eigenvalue weighted by molar-refractivity contribution is 6.31. The first kappa shape index (κ1) is 21.5. The van der Waals surface area contributed by atoms with Gasteiger partial charge < -0.3 is 15.4 Å². The van der Waals surface area contributed by atoms with Gasteiger partial charge in [-0.2, -0.15) is 5.26 Å². The molecule has 2 aliphatic rings. The van der Waals surface area contributed by atoms with Crippen LogP contribution in [-0.4, -0.2) is 19.1 Å². The average molecular weight is 453 g/mol. The minimum atomic E-state index is -0.288. The Labute approximate surface area is 192 Å². The number of hydrogen-bond donors (Lipinski definition) is 2. The molecule has 2 atom stereocenters. The molecule has 2 heterocycles. The molecule has 0 saturated carbocycles. The van der Waals surface area contributed by atoms with E-state index in [0.717, 1.165) is 41.1 Å². The Morgan fingerprint density at radius 1 is 1.13 bits per heavy atom. The zero-order chi connectivity index (χ0) is 22.1. The first-order valence-electron chi connectivity index (χ1n) is 10.2. The van der Waals surface area contributed by atoms with Gasteiger partial charge in [-0.05, 0) is 55.3 Å². The lowest BCUT2D eigenvalue weighted by Crippen LogP contribution is -3.16. The van der Waals surface area contributed by atoms with Crippen LogP contribution in [0.2, 0.25) is 10.0 Å². The maximum absolute atomic E-state index is 9.90. The molecule has 3 N–H and O–H groups in total. The molecule has 4 nitrogen and oxygen atoms in total. The van der Waals surface area contributed by atoms with Crippen LogP contribution in [-0.2, 0) is 4.74 Å². The number of nitriles is 1. The number of quaternary nitrogens is 1. The molecule has 4 rings (SSSR count). The van der Waals surface area contributed by atoms with Gasteiger partial charge in [0.1, 0.15) is 30.5 Å². The van der Waals surface area contributed by atoms with E-state index in [4.69, 9.17) is 33.7 Å². The molecule has 6 heteroatoms. The van der Waals surface area contributed by atoms with E-state index in [1.807, 2.05) is 48.5 Å². The SMILES string of the molecule is CC(C)[NH+]1CC2=C(OC(N)=C(C#N)[C@@H]2c2cccc(Cl)c2)/C(=C/c2cccc(Cl)c2)C1. The van der Waals surface area contributed by atoms with Crippen molar-refractivity contribution in [2.45, 2.75) is 25.8 Å². The maximum Gasteiger partial charge on any atom is 0.205 e. The number of hydrogen-bond acceptors (Lipinski definition) is 3. The first-order chi connectivity index (χ1) is 14.9. The summed E-state index contributed by atoms with van der Waals surface area (Å²) in [4.78, 5) is 1.39. The van der Waals surface area contributed by atoms with Crippen molar-refractivity contribution in [2.24, 2.45) is 5.73 Å². The summed E-state index contributed by atoms with van der Waals surface area (Å²) in [5, 5.41) is 11.2. The summed E-state index contributed by atoms with van der Waals surface area (Å²) in [6.45, 7) is 5.95. The van der Waals surface area contributed by atoms with Crippen LogP contribution in [0.1, 0.15) is 30.9 Å². The Balaban J connectivity index is 1.90. The predicted molar refractivity (Wildman–Crippen MR) is 124 cm³/mol. The number of nitrogens with two attached hydrogens (primary N) is 1. The number of nitrogens with one attached hydrogen (secondary N) is 1. The molecular formula is C25H24Cl2N3O+. The molecule has 0 spiro atoms. The van der Waals surface area contributed by atoms with Crippen molar-refractivity contribution in [3.8, 4) is 6.07 Å². The summed E-state index contributed by atoms with van der Waals surface area (Å²) in [5.41, 5.74) is 10.7. The van der Waals surface area contributed by atoms with Gasteiger partial charge in [-0.25, -0.2) is 0 Å². The summed E-state index contributed by atoms with van der Waals surface area (Å²) in [6.07, 6.45) is 2.10. The standard InChI is InChI=1S/C25H23Cl2N3O/c1-15(2)30-13-18(9-16-5-3-7-19(26)10-16)24-22(14-30)23(21(12-28)25(29)31-24)17-6-4-8-20(27)11-17/h3-11,15,23H,13-14,29H2,1-2H3/p+1/b18-9+/t23-/m0/s1. The molecular weight excluding hydrogens is 429 g/mol. The van der Waals surface area contributed by atoms with Crippen LogP contribution in [0.3, 0.4) is 0 Å². The molecule has 0 fully saturated rings. The van der Waals surface area contributed by atoms with Crippen LogP contribution >= 0.6 is 23.2 Å². The van der Waals surface area contributed by atoms with Gasteiger partial charge in [0, 0.05) is 21.2 Å². The molecule has 0 radical (unpaired) electrons. The highest BCUT2D eigenvalue weighted by atomic mass is 35.5. The molecule has 2 aromatic carbocycles. The number of halogens is 2. The van der Waals surface area contributed by atoms with Crippen LogP contribution in [0.15, 0.2) is 76.9 Å². The minimum absolute atomic E-state index is 0.149. The Morgan fingerprint density at radius 2 is 1.84 bits per heavy atom. The van der Waals surface area contributed by atoms with E-state index in [0.29, 0.717) is 21.7 Å². The zero-order valence-corrected chi connectivity index (χ0v) is 19.0. The predicted octanol–water partition coefficient (Wildman–Crippen LogP) is 4.45. The fourth-order valence-corrected chi connectivity index (χ4v) is 4.66. The second-order valence-electron chi connectivity index (χ2n) is 8.23. The second kappa shape index (κ2) is 8.80. The fraction of sp³-hybridized carbons (Fsp3) is 0.240. The van der Waals surface area contributed by atoms with Crippen LogP contribution in [0.5, 0.6) is 0 Å².